The molecule has 3 aromatic heterocycles. The third kappa shape index (κ3) is 5.48. The normalized spacial score (nSPS) is 11.6. The number of rotatable bonds is 6. The van der Waals surface area contributed by atoms with E-state index < -0.39 is 0 Å². The summed E-state index contributed by atoms with van der Waals surface area (Å²) >= 11 is 1.79. The number of benzene rings is 8. The van der Waals surface area contributed by atoms with Crippen LogP contribution in [0.2, 0.25) is 0 Å². The van der Waals surface area contributed by atoms with Gasteiger partial charge in [-0.1, -0.05) is 152 Å². The van der Waals surface area contributed by atoms with E-state index in [0.29, 0.717) is 17.5 Å². The highest BCUT2D eigenvalue weighted by Gasteiger charge is 2.19. The Labute approximate surface area is 327 Å². The monoisotopic (exact) mass is 732 g/mol. The second-order valence-electron chi connectivity index (χ2n) is 14.0. The van der Waals surface area contributed by atoms with Gasteiger partial charge in [0, 0.05) is 53.3 Å². The molecule has 3 heterocycles. The first-order valence-corrected chi connectivity index (χ1v) is 19.6. The summed E-state index contributed by atoms with van der Waals surface area (Å²) in [4.78, 5) is 15.5. The molecule has 0 saturated carbocycles. The maximum Gasteiger partial charge on any atom is 0.165 e. The van der Waals surface area contributed by atoms with E-state index >= 15 is 0 Å². The quantitative estimate of drug-likeness (QED) is 0.171. The fraction of sp³-hybridized carbons (Fsp3) is 0. The molecule has 56 heavy (non-hydrogen) atoms. The third-order valence-electron chi connectivity index (χ3n) is 10.7. The van der Waals surface area contributed by atoms with E-state index in [-0.39, 0.29) is 0 Å². The SMILES string of the molecule is c1ccc(-c2ccc(-c3ccc4sc5c(-c6nc(-c7ccccc7)nc(-c7ccc8c9ccccc9n(-c9ccccc9)c8c7)n6)cccc5c4c3)cc2)cc1. The first-order valence-electron chi connectivity index (χ1n) is 18.8. The van der Waals surface area contributed by atoms with Crippen LogP contribution in [0.4, 0.5) is 0 Å². The summed E-state index contributed by atoms with van der Waals surface area (Å²) in [7, 11) is 0. The molecule has 8 aromatic carbocycles. The standard InChI is InChI=1S/C51H32N4S/c1-4-13-33(14-5-1)34-23-25-35(26-24-34)37-28-30-47-44(31-37)42-20-12-21-43(48(42)56-47)51-53-49(36-15-6-2-7-16-36)52-50(54-51)38-27-29-41-40-19-10-11-22-45(40)55(46(41)32-38)39-17-8-3-9-18-39/h1-32H. The Bertz CT molecular complexity index is 3220. The average molecular weight is 733 g/mol. The van der Waals surface area contributed by atoms with Gasteiger partial charge < -0.3 is 4.57 Å². The highest BCUT2D eigenvalue weighted by molar-refractivity contribution is 7.26. The van der Waals surface area contributed by atoms with Crippen LogP contribution in [0, 0.1) is 0 Å². The van der Waals surface area contributed by atoms with Gasteiger partial charge in [-0.15, -0.1) is 11.3 Å². The van der Waals surface area contributed by atoms with Gasteiger partial charge in [0.25, 0.3) is 0 Å². The molecule has 0 atom stereocenters. The molecule has 0 fully saturated rings. The van der Waals surface area contributed by atoms with Crippen LogP contribution in [0.25, 0.3) is 104 Å². The predicted octanol–water partition coefficient (Wildman–Crippen LogP) is 13.7. The van der Waals surface area contributed by atoms with E-state index in [0.717, 1.165) is 38.1 Å². The van der Waals surface area contributed by atoms with Crippen LogP contribution >= 0.6 is 11.3 Å². The molecule has 0 saturated heterocycles. The first-order chi connectivity index (χ1) is 27.7. The number of thiophene rings is 1. The van der Waals surface area contributed by atoms with E-state index in [1.165, 1.54) is 48.5 Å². The average Bonchev–Trinajstić information content (AvgIpc) is 3.82. The summed E-state index contributed by atoms with van der Waals surface area (Å²) in [6.07, 6.45) is 0. The van der Waals surface area contributed by atoms with E-state index in [1.807, 2.05) is 18.2 Å². The molecule has 4 nitrogen and oxygen atoms in total. The minimum Gasteiger partial charge on any atom is -0.309 e. The molecule has 262 valence electrons. The van der Waals surface area contributed by atoms with Gasteiger partial charge in [-0.25, -0.2) is 15.0 Å². The highest BCUT2D eigenvalue weighted by atomic mass is 32.1. The molecule has 11 rings (SSSR count). The molecule has 5 heteroatoms. The molecule has 0 aliphatic rings. The Morgan fingerprint density at radius 3 is 1.66 bits per heavy atom. The molecular formula is C51H32N4S. The van der Waals surface area contributed by atoms with Crippen molar-refractivity contribution in [3.05, 3.63) is 194 Å². The van der Waals surface area contributed by atoms with Gasteiger partial charge in [-0.2, -0.15) is 0 Å². The van der Waals surface area contributed by atoms with Gasteiger partial charge in [0.2, 0.25) is 0 Å². The van der Waals surface area contributed by atoms with Gasteiger partial charge in [-0.05, 0) is 64.7 Å². The lowest BCUT2D eigenvalue weighted by atomic mass is 9.99. The van der Waals surface area contributed by atoms with E-state index in [1.54, 1.807) is 11.3 Å². The molecule has 0 unspecified atom stereocenters. The van der Waals surface area contributed by atoms with Crippen molar-refractivity contribution >= 4 is 53.3 Å². The van der Waals surface area contributed by atoms with E-state index in [4.69, 9.17) is 15.0 Å². The zero-order chi connectivity index (χ0) is 37.0. The van der Waals surface area contributed by atoms with Gasteiger partial charge in [-0.3, -0.25) is 0 Å². The van der Waals surface area contributed by atoms with Crippen molar-refractivity contribution in [2.24, 2.45) is 0 Å². The fourth-order valence-corrected chi connectivity index (χ4v) is 9.14. The molecule has 0 bridgehead atoms. The van der Waals surface area contributed by atoms with Crippen LogP contribution in [-0.4, -0.2) is 19.5 Å². The maximum atomic E-state index is 5.26. The lowest BCUT2D eigenvalue weighted by Crippen LogP contribution is -2.00. The zero-order valence-electron chi connectivity index (χ0n) is 30.2. The molecule has 0 N–H and O–H groups in total. The maximum absolute atomic E-state index is 5.26. The number of nitrogens with zero attached hydrogens (tertiary/aromatic N) is 4. The van der Waals surface area contributed by atoms with Gasteiger partial charge >= 0.3 is 0 Å². The molecule has 0 radical (unpaired) electrons. The molecule has 0 aliphatic heterocycles. The Hall–Kier alpha value is -7.21. The Kier molecular flexibility index (Phi) is 7.64. The second kappa shape index (κ2) is 13.3. The van der Waals surface area contributed by atoms with Crippen molar-refractivity contribution in [3.8, 4) is 62.1 Å². The lowest BCUT2D eigenvalue weighted by molar-refractivity contribution is 1.08. The van der Waals surface area contributed by atoms with Crippen molar-refractivity contribution in [2.75, 3.05) is 0 Å². The van der Waals surface area contributed by atoms with Crippen molar-refractivity contribution in [1.82, 2.24) is 19.5 Å². The summed E-state index contributed by atoms with van der Waals surface area (Å²) in [6.45, 7) is 0. The van der Waals surface area contributed by atoms with Crippen LogP contribution in [0.3, 0.4) is 0 Å². The summed E-state index contributed by atoms with van der Waals surface area (Å²) in [6, 6.07) is 68.6. The van der Waals surface area contributed by atoms with Crippen molar-refractivity contribution < 1.29 is 0 Å². The number of fused-ring (bicyclic) bond motifs is 6. The number of hydrogen-bond donors (Lipinski definition) is 0. The lowest BCUT2D eigenvalue weighted by Gasteiger charge is -2.11. The molecule has 0 spiro atoms. The first kappa shape index (κ1) is 32.2. The summed E-state index contributed by atoms with van der Waals surface area (Å²) in [5.41, 5.74) is 11.1. The van der Waals surface area contributed by atoms with E-state index in [2.05, 4.69) is 180 Å². The number of aromatic nitrogens is 4. The Morgan fingerprint density at radius 2 is 0.893 bits per heavy atom. The largest absolute Gasteiger partial charge is 0.309 e. The van der Waals surface area contributed by atoms with Crippen LogP contribution in [0.1, 0.15) is 0 Å². The molecule has 11 aromatic rings. The smallest absolute Gasteiger partial charge is 0.165 e. The molecule has 0 aliphatic carbocycles. The van der Waals surface area contributed by atoms with Crippen molar-refractivity contribution in [2.45, 2.75) is 0 Å². The van der Waals surface area contributed by atoms with Crippen molar-refractivity contribution in [1.29, 1.82) is 0 Å². The summed E-state index contributed by atoms with van der Waals surface area (Å²) in [5, 5.41) is 4.82. The van der Waals surface area contributed by atoms with Crippen LogP contribution in [0.5, 0.6) is 0 Å². The van der Waals surface area contributed by atoms with Gasteiger partial charge in [0.05, 0.1) is 11.0 Å². The third-order valence-corrected chi connectivity index (χ3v) is 11.9. The minimum atomic E-state index is 0.639. The molecule has 0 amide bonds. The van der Waals surface area contributed by atoms with E-state index in [9.17, 15) is 0 Å². The zero-order valence-corrected chi connectivity index (χ0v) is 31.0. The second-order valence-corrected chi connectivity index (χ2v) is 15.1. The van der Waals surface area contributed by atoms with Crippen LogP contribution in [-0.2, 0) is 0 Å². The summed E-state index contributed by atoms with van der Waals surface area (Å²) in [5.74, 6) is 1.94. The topological polar surface area (TPSA) is 43.6 Å². The minimum absolute atomic E-state index is 0.639. The molecular weight excluding hydrogens is 701 g/mol. The van der Waals surface area contributed by atoms with Crippen LogP contribution in [0.15, 0.2) is 194 Å². The van der Waals surface area contributed by atoms with Gasteiger partial charge in [0.1, 0.15) is 0 Å². The van der Waals surface area contributed by atoms with Gasteiger partial charge in [0.15, 0.2) is 17.5 Å². The van der Waals surface area contributed by atoms with Crippen molar-refractivity contribution in [3.63, 3.8) is 0 Å². The Balaban J connectivity index is 1.06. The Morgan fingerprint density at radius 1 is 0.339 bits per heavy atom. The predicted molar refractivity (Wildman–Crippen MR) is 234 cm³/mol. The number of hydrogen-bond acceptors (Lipinski definition) is 4. The fourth-order valence-electron chi connectivity index (χ4n) is 7.95. The van der Waals surface area contributed by atoms with Crippen LogP contribution < -0.4 is 0 Å². The highest BCUT2D eigenvalue weighted by Crippen LogP contribution is 2.42. The number of para-hydroxylation sites is 2. The summed E-state index contributed by atoms with van der Waals surface area (Å²) < 4.78 is 4.72.